The Balaban J connectivity index is 1.46. The van der Waals surface area contributed by atoms with Crippen LogP contribution in [0.4, 0.5) is 11.6 Å². The average Bonchev–Trinajstić information content (AvgIpc) is 3.16. The van der Waals surface area contributed by atoms with Crippen LogP contribution in [0.25, 0.3) is 10.7 Å². The van der Waals surface area contributed by atoms with Crippen LogP contribution in [0.15, 0.2) is 60.6 Å². The normalized spacial score (nSPS) is 13.3. The molecule has 0 fully saturated rings. The topological polar surface area (TPSA) is 62.7 Å². The van der Waals surface area contributed by atoms with E-state index in [2.05, 4.69) is 75.9 Å². The zero-order valence-corrected chi connectivity index (χ0v) is 16.9. The number of benzene rings is 1. The molecule has 28 heavy (non-hydrogen) atoms. The largest absolute Gasteiger partial charge is 0.380 e. The van der Waals surface area contributed by atoms with Crippen LogP contribution < -0.4 is 10.6 Å². The van der Waals surface area contributed by atoms with Gasteiger partial charge in [-0.25, -0.2) is 15.0 Å². The van der Waals surface area contributed by atoms with Crippen molar-refractivity contribution in [2.24, 2.45) is 0 Å². The molecule has 2 heterocycles. The summed E-state index contributed by atoms with van der Waals surface area (Å²) < 4.78 is 0. The summed E-state index contributed by atoms with van der Waals surface area (Å²) in [7, 11) is 0. The van der Waals surface area contributed by atoms with Crippen molar-refractivity contribution in [2.45, 2.75) is 33.2 Å². The number of hydrogen-bond acceptors (Lipinski definition) is 6. The molecule has 0 radical (unpaired) electrons. The highest BCUT2D eigenvalue weighted by atomic mass is 32.1. The van der Waals surface area contributed by atoms with Crippen molar-refractivity contribution in [3.8, 4) is 10.7 Å². The first kappa shape index (κ1) is 18.4. The van der Waals surface area contributed by atoms with Gasteiger partial charge in [-0.05, 0) is 62.1 Å². The van der Waals surface area contributed by atoms with Crippen molar-refractivity contribution in [2.75, 3.05) is 5.32 Å². The molecule has 0 spiro atoms. The molecule has 0 aliphatic heterocycles. The minimum Gasteiger partial charge on any atom is -0.380 e. The Labute approximate surface area is 169 Å². The molecule has 2 N–H and O–H groups in total. The zero-order chi connectivity index (χ0) is 19.3. The maximum Gasteiger partial charge on any atom is 0.227 e. The molecule has 0 bridgehead atoms. The highest BCUT2D eigenvalue weighted by Gasteiger charge is 2.09. The molecule has 1 aliphatic carbocycles. The molecule has 0 saturated carbocycles. The Kier molecular flexibility index (Phi) is 5.48. The Hall–Kier alpha value is -2.99. The molecule has 0 saturated heterocycles. The highest BCUT2D eigenvalue weighted by Crippen LogP contribution is 2.25. The number of rotatable bonds is 6. The second-order valence-corrected chi connectivity index (χ2v) is 8.01. The standard InChI is InChI=1S/C22H23N5S/c1-15-10-16(2)12-18(11-15)26-22-23-9-8-20(27-22)21-25-14-19(28-21)13-24-17-6-4-3-5-7-17/h4,6-12,14,24H,3,5,13H2,1-2H3,(H,23,26,27). The first-order chi connectivity index (χ1) is 13.7. The fourth-order valence-corrected chi connectivity index (χ4v) is 3.98. The van der Waals surface area contributed by atoms with Crippen LogP contribution >= 0.6 is 11.3 Å². The van der Waals surface area contributed by atoms with Crippen LogP contribution in [0.5, 0.6) is 0 Å². The van der Waals surface area contributed by atoms with Gasteiger partial charge in [0.05, 0.1) is 6.54 Å². The van der Waals surface area contributed by atoms with Crippen molar-refractivity contribution in [1.29, 1.82) is 0 Å². The van der Waals surface area contributed by atoms with E-state index in [1.54, 1.807) is 17.5 Å². The molecule has 0 amide bonds. The van der Waals surface area contributed by atoms with E-state index in [1.807, 2.05) is 12.3 Å². The lowest BCUT2D eigenvalue weighted by molar-refractivity contribution is 0.822. The Morgan fingerprint density at radius 1 is 1.07 bits per heavy atom. The summed E-state index contributed by atoms with van der Waals surface area (Å²) in [5.41, 5.74) is 5.42. The molecule has 1 aromatic carbocycles. The minimum absolute atomic E-state index is 0.579. The van der Waals surface area contributed by atoms with Gasteiger partial charge in [-0.3, -0.25) is 0 Å². The zero-order valence-electron chi connectivity index (χ0n) is 16.1. The lowest BCUT2D eigenvalue weighted by Gasteiger charge is -2.08. The molecule has 142 valence electrons. The monoisotopic (exact) mass is 389 g/mol. The van der Waals surface area contributed by atoms with Crippen LogP contribution in [0, 0.1) is 13.8 Å². The van der Waals surface area contributed by atoms with Crippen molar-refractivity contribution in [3.05, 3.63) is 76.6 Å². The summed E-state index contributed by atoms with van der Waals surface area (Å²) in [5, 5.41) is 7.65. The molecular weight excluding hydrogens is 366 g/mol. The van der Waals surface area contributed by atoms with Crippen LogP contribution in [0.1, 0.15) is 28.8 Å². The lowest BCUT2D eigenvalue weighted by Crippen LogP contribution is -2.11. The number of nitrogens with zero attached hydrogens (tertiary/aromatic N) is 3. The lowest BCUT2D eigenvalue weighted by atomic mass is 10.1. The van der Waals surface area contributed by atoms with E-state index in [0.29, 0.717) is 5.95 Å². The maximum atomic E-state index is 4.64. The Morgan fingerprint density at radius 3 is 2.71 bits per heavy atom. The van der Waals surface area contributed by atoms with Gasteiger partial charge in [0.25, 0.3) is 0 Å². The van der Waals surface area contributed by atoms with Crippen molar-refractivity contribution in [1.82, 2.24) is 20.3 Å². The van der Waals surface area contributed by atoms with E-state index >= 15 is 0 Å². The summed E-state index contributed by atoms with van der Waals surface area (Å²) in [4.78, 5) is 14.7. The second kappa shape index (κ2) is 8.35. The molecule has 5 nitrogen and oxygen atoms in total. The molecule has 1 aliphatic rings. The smallest absolute Gasteiger partial charge is 0.227 e. The summed E-state index contributed by atoms with van der Waals surface area (Å²) in [6.45, 7) is 4.94. The number of aryl methyl sites for hydroxylation is 2. The van der Waals surface area contributed by atoms with E-state index in [4.69, 9.17) is 0 Å². The van der Waals surface area contributed by atoms with E-state index in [0.717, 1.165) is 35.8 Å². The summed E-state index contributed by atoms with van der Waals surface area (Å²) >= 11 is 1.65. The van der Waals surface area contributed by atoms with Gasteiger partial charge in [-0.2, -0.15) is 0 Å². The fourth-order valence-electron chi connectivity index (χ4n) is 3.16. The highest BCUT2D eigenvalue weighted by molar-refractivity contribution is 7.15. The predicted molar refractivity (Wildman–Crippen MR) is 116 cm³/mol. The number of hydrogen-bond donors (Lipinski definition) is 2. The van der Waals surface area contributed by atoms with Gasteiger partial charge in [0.15, 0.2) is 0 Å². The minimum atomic E-state index is 0.579. The summed E-state index contributed by atoms with van der Waals surface area (Å²) in [6, 6.07) is 8.22. The van der Waals surface area contributed by atoms with Gasteiger partial charge in [-0.1, -0.05) is 18.2 Å². The molecule has 3 aromatic rings. The third kappa shape index (κ3) is 4.64. The first-order valence-electron chi connectivity index (χ1n) is 9.40. The van der Waals surface area contributed by atoms with Gasteiger partial charge in [0.2, 0.25) is 5.95 Å². The summed E-state index contributed by atoms with van der Waals surface area (Å²) in [6.07, 6.45) is 12.5. The molecule has 0 atom stereocenters. The maximum absolute atomic E-state index is 4.64. The van der Waals surface area contributed by atoms with Gasteiger partial charge in [0.1, 0.15) is 10.7 Å². The Morgan fingerprint density at radius 2 is 1.93 bits per heavy atom. The van der Waals surface area contributed by atoms with Crippen LogP contribution in [0.3, 0.4) is 0 Å². The third-order valence-corrected chi connectivity index (χ3v) is 5.39. The van der Waals surface area contributed by atoms with E-state index < -0.39 is 0 Å². The first-order valence-corrected chi connectivity index (χ1v) is 10.2. The number of nitrogens with one attached hydrogen (secondary N) is 2. The van der Waals surface area contributed by atoms with Gasteiger partial charge >= 0.3 is 0 Å². The molecule has 0 unspecified atom stereocenters. The second-order valence-electron chi connectivity index (χ2n) is 6.89. The predicted octanol–water partition coefficient (Wildman–Crippen LogP) is 5.28. The fraction of sp³-hybridized carbons (Fsp3) is 0.227. The van der Waals surface area contributed by atoms with Crippen molar-refractivity contribution in [3.63, 3.8) is 0 Å². The molecule has 4 rings (SSSR count). The van der Waals surface area contributed by atoms with E-state index in [-0.39, 0.29) is 0 Å². The van der Waals surface area contributed by atoms with Crippen molar-refractivity contribution >= 4 is 23.0 Å². The van der Waals surface area contributed by atoms with Gasteiger partial charge in [0, 0.05) is 28.7 Å². The summed E-state index contributed by atoms with van der Waals surface area (Å²) in [5.74, 6) is 0.579. The number of aromatic nitrogens is 3. The average molecular weight is 390 g/mol. The van der Waals surface area contributed by atoms with Gasteiger partial charge < -0.3 is 10.6 Å². The molecule has 2 aromatic heterocycles. The van der Waals surface area contributed by atoms with Crippen LogP contribution in [0.2, 0.25) is 0 Å². The van der Waals surface area contributed by atoms with E-state index in [1.165, 1.54) is 21.7 Å². The van der Waals surface area contributed by atoms with E-state index in [9.17, 15) is 0 Å². The molecule has 6 heteroatoms. The molecular formula is C22H23N5S. The quantitative estimate of drug-likeness (QED) is 0.600. The SMILES string of the molecule is Cc1cc(C)cc(Nc2nccc(-c3ncc(CNC4=CCCC=C4)s3)n2)c1. The van der Waals surface area contributed by atoms with Crippen LogP contribution in [-0.4, -0.2) is 15.0 Å². The third-order valence-electron chi connectivity index (χ3n) is 4.37. The Bertz CT molecular complexity index is 1010. The van der Waals surface area contributed by atoms with Crippen LogP contribution in [-0.2, 0) is 6.54 Å². The number of thiazole rings is 1. The van der Waals surface area contributed by atoms with Crippen molar-refractivity contribution < 1.29 is 0 Å². The number of anilines is 2. The number of allylic oxidation sites excluding steroid dienone is 3. The van der Waals surface area contributed by atoms with Gasteiger partial charge in [-0.15, -0.1) is 11.3 Å².